The molecule has 0 aliphatic carbocycles. The first-order valence-electron chi connectivity index (χ1n) is 5.42. The van der Waals surface area contributed by atoms with Crippen molar-refractivity contribution in [3.63, 3.8) is 0 Å². The molecule has 1 aromatic carbocycles. The van der Waals surface area contributed by atoms with Crippen molar-refractivity contribution in [3.8, 4) is 0 Å². The topological polar surface area (TPSA) is 81.0 Å². The number of aryl methyl sites for hydroxylation is 1. The first-order chi connectivity index (χ1) is 8.66. The van der Waals surface area contributed by atoms with Gasteiger partial charge in [0.2, 0.25) is 0 Å². The summed E-state index contributed by atoms with van der Waals surface area (Å²) in [5.74, 6) is 1.31. The number of benzene rings is 1. The van der Waals surface area contributed by atoms with E-state index in [-0.39, 0.29) is 10.6 Å². The van der Waals surface area contributed by atoms with Crippen LogP contribution in [0.15, 0.2) is 36.5 Å². The third-order valence-corrected chi connectivity index (χ3v) is 2.42. The van der Waals surface area contributed by atoms with E-state index in [0.717, 1.165) is 0 Å². The summed E-state index contributed by atoms with van der Waals surface area (Å²) < 4.78 is 0. The molecule has 0 aliphatic rings. The van der Waals surface area contributed by atoms with Crippen LogP contribution in [0.3, 0.4) is 0 Å². The molecule has 0 saturated carbocycles. The molecule has 1 N–H and O–H groups in total. The van der Waals surface area contributed by atoms with Gasteiger partial charge in [0.05, 0.1) is 4.92 Å². The Morgan fingerprint density at radius 3 is 2.83 bits per heavy atom. The van der Waals surface area contributed by atoms with Crippen LogP contribution in [0.1, 0.15) is 11.4 Å². The summed E-state index contributed by atoms with van der Waals surface area (Å²) in [6.45, 7) is 2.14. The fraction of sp³-hybridized carbons (Fsp3) is 0.167. The Morgan fingerprint density at radius 1 is 1.33 bits per heavy atom. The van der Waals surface area contributed by atoms with Crippen LogP contribution in [0.4, 0.5) is 11.5 Å². The van der Waals surface area contributed by atoms with Gasteiger partial charge in [0, 0.05) is 24.4 Å². The molecule has 18 heavy (non-hydrogen) atoms. The molecule has 0 bridgehead atoms. The number of hydrogen-bond donors (Lipinski definition) is 1. The molecule has 1 aromatic heterocycles. The monoisotopic (exact) mass is 244 g/mol. The van der Waals surface area contributed by atoms with E-state index in [1.54, 1.807) is 37.4 Å². The van der Waals surface area contributed by atoms with Gasteiger partial charge in [-0.15, -0.1) is 0 Å². The van der Waals surface area contributed by atoms with Gasteiger partial charge >= 0.3 is 0 Å². The van der Waals surface area contributed by atoms with Gasteiger partial charge in [-0.2, -0.15) is 0 Å². The molecule has 0 fully saturated rings. The van der Waals surface area contributed by atoms with Gasteiger partial charge in [0.15, 0.2) is 0 Å². The predicted octanol–water partition coefficient (Wildman–Crippen LogP) is 2.31. The maximum Gasteiger partial charge on any atom is 0.274 e. The second-order valence-corrected chi connectivity index (χ2v) is 3.73. The van der Waals surface area contributed by atoms with E-state index in [0.29, 0.717) is 23.8 Å². The van der Waals surface area contributed by atoms with E-state index in [2.05, 4.69) is 15.3 Å². The van der Waals surface area contributed by atoms with Crippen LogP contribution in [-0.2, 0) is 6.54 Å². The van der Waals surface area contributed by atoms with Crippen molar-refractivity contribution in [1.29, 1.82) is 0 Å². The summed E-state index contributed by atoms with van der Waals surface area (Å²) >= 11 is 0. The van der Waals surface area contributed by atoms with Crippen molar-refractivity contribution in [2.24, 2.45) is 0 Å². The lowest BCUT2D eigenvalue weighted by Crippen LogP contribution is -2.05. The van der Waals surface area contributed by atoms with Gasteiger partial charge in [-0.1, -0.05) is 18.2 Å². The molecule has 0 spiro atoms. The maximum absolute atomic E-state index is 10.8. The second-order valence-electron chi connectivity index (χ2n) is 3.73. The second kappa shape index (κ2) is 5.22. The number of aromatic nitrogens is 2. The number of anilines is 1. The first kappa shape index (κ1) is 12.0. The van der Waals surface area contributed by atoms with Crippen LogP contribution in [-0.4, -0.2) is 14.9 Å². The van der Waals surface area contributed by atoms with Gasteiger partial charge < -0.3 is 5.32 Å². The van der Waals surface area contributed by atoms with Gasteiger partial charge in [0.25, 0.3) is 5.69 Å². The maximum atomic E-state index is 10.8. The third kappa shape index (κ3) is 2.79. The summed E-state index contributed by atoms with van der Waals surface area (Å²) in [5.41, 5.74) is 0.731. The molecule has 1 heterocycles. The fourth-order valence-electron chi connectivity index (χ4n) is 1.58. The van der Waals surface area contributed by atoms with Crippen molar-refractivity contribution in [2.45, 2.75) is 13.5 Å². The van der Waals surface area contributed by atoms with E-state index < -0.39 is 0 Å². The van der Waals surface area contributed by atoms with Gasteiger partial charge in [-0.25, -0.2) is 9.97 Å². The number of nitro benzene ring substituents is 1. The predicted molar refractivity (Wildman–Crippen MR) is 67.2 cm³/mol. The Labute approximate surface area is 104 Å². The van der Waals surface area contributed by atoms with Crippen molar-refractivity contribution in [2.75, 3.05) is 5.32 Å². The average molecular weight is 244 g/mol. The Balaban J connectivity index is 2.13. The Bertz CT molecular complexity index is 572. The quantitative estimate of drug-likeness (QED) is 0.659. The van der Waals surface area contributed by atoms with Crippen LogP contribution < -0.4 is 5.32 Å². The molecule has 6 nitrogen and oxygen atoms in total. The minimum atomic E-state index is -0.387. The molecule has 6 heteroatoms. The van der Waals surface area contributed by atoms with Crippen molar-refractivity contribution >= 4 is 11.5 Å². The van der Waals surface area contributed by atoms with Crippen LogP contribution in [0.5, 0.6) is 0 Å². The van der Waals surface area contributed by atoms with Crippen molar-refractivity contribution in [3.05, 3.63) is 58.0 Å². The number of hydrogen-bond acceptors (Lipinski definition) is 5. The lowest BCUT2D eigenvalue weighted by Gasteiger charge is -2.06. The smallest absolute Gasteiger partial charge is 0.274 e. The summed E-state index contributed by atoms with van der Waals surface area (Å²) in [6, 6.07) is 8.36. The largest absolute Gasteiger partial charge is 0.366 e. The summed E-state index contributed by atoms with van der Waals surface area (Å²) in [5, 5.41) is 13.9. The molecule has 0 aliphatic heterocycles. The molecule has 0 saturated heterocycles. The standard InChI is InChI=1S/C12H12N4O2/c1-9-13-7-6-12(15-9)14-8-10-4-2-3-5-11(10)16(17)18/h2-7H,8H2,1H3,(H,13,14,15). The highest BCUT2D eigenvalue weighted by atomic mass is 16.6. The Hall–Kier alpha value is -2.50. The zero-order valence-corrected chi connectivity index (χ0v) is 9.83. The highest BCUT2D eigenvalue weighted by molar-refractivity contribution is 5.43. The molecular weight excluding hydrogens is 232 g/mol. The first-order valence-corrected chi connectivity index (χ1v) is 5.42. The zero-order valence-electron chi connectivity index (χ0n) is 9.83. The van der Waals surface area contributed by atoms with Crippen LogP contribution in [0.2, 0.25) is 0 Å². The van der Waals surface area contributed by atoms with Gasteiger partial charge in [-0.05, 0) is 13.0 Å². The minimum absolute atomic E-state index is 0.107. The number of nitrogens with zero attached hydrogens (tertiary/aromatic N) is 3. The number of para-hydroxylation sites is 1. The van der Waals surface area contributed by atoms with Crippen molar-refractivity contribution in [1.82, 2.24) is 9.97 Å². The lowest BCUT2D eigenvalue weighted by atomic mass is 10.2. The lowest BCUT2D eigenvalue weighted by molar-refractivity contribution is -0.385. The molecule has 0 radical (unpaired) electrons. The van der Waals surface area contributed by atoms with Crippen LogP contribution >= 0.6 is 0 Å². The number of rotatable bonds is 4. The SMILES string of the molecule is Cc1nccc(NCc2ccccc2[N+](=O)[O-])n1. The molecule has 0 unspecified atom stereocenters. The Morgan fingerprint density at radius 2 is 2.11 bits per heavy atom. The molecule has 2 rings (SSSR count). The summed E-state index contributed by atoms with van der Waals surface area (Å²) in [6.07, 6.45) is 1.64. The van der Waals surface area contributed by atoms with Crippen LogP contribution in [0.25, 0.3) is 0 Å². The normalized spacial score (nSPS) is 10.1. The molecule has 0 atom stereocenters. The molecular formula is C12H12N4O2. The summed E-state index contributed by atoms with van der Waals surface area (Å²) in [7, 11) is 0. The number of nitro groups is 1. The minimum Gasteiger partial charge on any atom is -0.366 e. The van der Waals surface area contributed by atoms with E-state index in [1.807, 2.05) is 0 Å². The van der Waals surface area contributed by atoms with E-state index in [1.165, 1.54) is 6.07 Å². The Kier molecular flexibility index (Phi) is 3.47. The average Bonchev–Trinajstić information content (AvgIpc) is 2.37. The third-order valence-electron chi connectivity index (χ3n) is 2.42. The van der Waals surface area contributed by atoms with Gasteiger partial charge in [-0.3, -0.25) is 10.1 Å². The van der Waals surface area contributed by atoms with E-state index >= 15 is 0 Å². The summed E-state index contributed by atoms with van der Waals surface area (Å²) in [4.78, 5) is 18.6. The van der Waals surface area contributed by atoms with Crippen molar-refractivity contribution < 1.29 is 4.92 Å². The van der Waals surface area contributed by atoms with E-state index in [4.69, 9.17) is 0 Å². The highest BCUT2D eigenvalue weighted by Crippen LogP contribution is 2.18. The highest BCUT2D eigenvalue weighted by Gasteiger charge is 2.11. The number of nitrogens with one attached hydrogen (secondary N) is 1. The molecule has 2 aromatic rings. The van der Waals surface area contributed by atoms with Crippen LogP contribution in [0, 0.1) is 17.0 Å². The zero-order chi connectivity index (χ0) is 13.0. The molecule has 0 amide bonds. The fourth-order valence-corrected chi connectivity index (χ4v) is 1.58. The van der Waals surface area contributed by atoms with Gasteiger partial charge in [0.1, 0.15) is 11.6 Å². The molecule has 92 valence electrons. The van der Waals surface area contributed by atoms with E-state index in [9.17, 15) is 10.1 Å².